The maximum absolute atomic E-state index is 9.78. The van der Waals surface area contributed by atoms with Gasteiger partial charge in [0.2, 0.25) is 0 Å². The van der Waals surface area contributed by atoms with E-state index in [4.69, 9.17) is 0 Å². The average Bonchev–Trinajstić information content (AvgIpc) is 2.82. The number of aromatic nitrogens is 1. The molecule has 2 heteroatoms. The summed E-state index contributed by atoms with van der Waals surface area (Å²) < 4.78 is 0. The smallest absolute Gasteiger partial charge is 0.123 e. The molecule has 16 heavy (non-hydrogen) atoms. The van der Waals surface area contributed by atoms with Crippen LogP contribution in [0.4, 0.5) is 0 Å². The zero-order valence-corrected chi connectivity index (χ0v) is 8.64. The van der Waals surface area contributed by atoms with E-state index in [2.05, 4.69) is 4.98 Å². The Morgan fingerprint density at radius 3 is 2.44 bits per heavy atom. The molecule has 3 rings (SSSR count). The van der Waals surface area contributed by atoms with Crippen molar-refractivity contribution >= 4 is 10.8 Å². The molecule has 0 aliphatic carbocycles. The van der Waals surface area contributed by atoms with Crippen LogP contribution in [0, 0.1) is 0 Å². The normalized spacial score (nSPS) is 10.8. The largest absolute Gasteiger partial charge is 0.507 e. The molecule has 78 valence electrons. The third kappa shape index (κ3) is 1.27. The molecule has 0 spiro atoms. The number of phenols is 1. The van der Waals surface area contributed by atoms with Crippen LogP contribution in [-0.4, -0.2) is 10.1 Å². The Morgan fingerprint density at radius 2 is 1.62 bits per heavy atom. The van der Waals surface area contributed by atoms with Crippen LogP contribution in [0.3, 0.4) is 0 Å². The molecule has 2 nitrogen and oxygen atoms in total. The van der Waals surface area contributed by atoms with Crippen molar-refractivity contribution in [3.63, 3.8) is 0 Å². The maximum atomic E-state index is 9.78. The minimum Gasteiger partial charge on any atom is -0.507 e. The highest BCUT2D eigenvalue weighted by molar-refractivity contribution is 5.98. The molecular weight excluding hydrogens is 198 g/mol. The number of hydrogen-bond donors (Lipinski definition) is 2. The second kappa shape index (κ2) is 3.42. The Kier molecular flexibility index (Phi) is 1.93. The Bertz CT molecular complexity index is 626. The molecule has 1 heterocycles. The van der Waals surface area contributed by atoms with Gasteiger partial charge in [0.15, 0.2) is 0 Å². The van der Waals surface area contributed by atoms with Gasteiger partial charge in [-0.2, -0.15) is 0 Å². The van der Waals surface area contributed by atoms with Gasteiger partial charge in [0.25, 0.3) is 0 Å². The Labute approximate surface area is 93.2 Å². The number of rotatable bonds is 1. The van der Waals surface area contributed by atoms with E-state index in [1.165, 1.54) is 0 Å². The first-order chi connectivity index (χ1) is 7.86. The van der Waals surface area contributed by atoms with Crippen LogP contribution in [0.1, 0.15) is 0 Å². The van der Waals surface area contributed by atoms with Gasteiger partial charge in [-0.3, -0.25) is 0 Å². The van der Waals surface area contributed by atoms with E-state index in [1.54, 1.807) is 6.07 Å². The fourth-order valence-electron chi connectivity index (χ4n) is 2.03. The minimum atomic E-state index is 0.325. The number of fused-ring (bicyclic) bond motifs is 1. The third-order valence-corrected chi connectivity index (χ3v) is 2.79. The van der Waals surface area contributed by atoms with E-state index in [0.717, 1.165) is 22.0 Å². The first kappa shape index (κ1) is 9.04. The van der Waals surface area contributed by atoms with Gasteiger partial charge in [-0.05, 0) is 23.6 Å². The van der Waals surface area contributed by atoms with Gasteiger partial charge in [0, 0.05) is 22.8 Å². The summed E-state index contributed by atoms with van der Waals surface area (Å²) in [6, 6.07) is 15.5. The van der Waals surface area contributed by atoms with Crippen LogP contribution in [0.15, 0.2) is 54.7 Å². The van der Waals surface area contributed by atoms with Gasteiger partial charge in [-0.25, -0.2) is 0 Å². The second-order valence-corrected chi connectivity index (χ2v) is 3.76. The summed E-state index contributed by atoms with van der Waals surface area (Å²) in [5, 5.41) is 11.7. The molecule has 1 aromatic heterocycles. The third-order valence-electron chi connectivity index (χ3n) is 2.79. The predicted octanol–water partition coefficient (Wildman–Crippen LogP) is 3.54. The summed E-state index contributed by atoms with van der Waals surface area (Å²) in [5.41, 5.74) is 2.18. The Hall–Kier alpha value is -2.22. The average molecular weight is 209 g/mol. The molecule has 0 saturated carbocycles. The van der Waals surface area contributed by atoms with E-state index in [1.807, 2.05) is 48.7 Å². The maximum Gasteiger partial charge on any atom is 0.123 e. The van der Waals surface area contributed by atoms with Crippen molar-refractivity contribution in [3.8, 4) is 17.0 Å². The molecule has 0 saturated heterocycles. The molecule has 0 unspecified atom stereocenters. The lowest BCUT2D eigenvalue weighted by atomic mass is 10.0. The molecule has 0 radical (unpaired) electrons. The van der Waals surface area contributed by atoms with Crippen molar-refractivity contribution in [2.75, 3.05) is 0 Å². The van der Waals surface area contributed by atoms with Gasteiger partial charge in [-0.15, -0.1) is 0 Å². The number of phenolic OH excluding ortho intramolecular Hbond substituents is 1. The number of nitrogens with one attached hydrogen (secondary N) is 1. The Morgan fingerprint density at radius 1 is 0.812 bits per heavy atom. The highest BCUT2D eigenvalue weighted by Gasteiger charge is 2.05. The molecule has 3 aromatic rings. The lowest BCUT2D eigenvalue weighted by molar-refractivity contribution is 0.481. The summed E-state index contributed by atoms with van der Waals surface area (Å²) in [6.07, 6.45) is 1.90. The quantitative estimate of drug-likeness (QED) is 0.631. The summed E-state index contributed by atoms with van der Waals surface area (Å²) >= 11 is 0. The molecule has 2 N–H and O–H groups in total. The van der Waals surface area contributed by atoms with Gasteiger partial charge in [0.05, 0.1) is 0 Å². The molecule has 0 aliphatic heterocycles. The number of hydrogen-bond acceptors (Lipinski definition) is 1. The van der Waals surface area contributed by atoms with E-state index >= 15 is 0 Å². The first-order valence-electron chi connectivity index (χ1n) is 5.21. The summed E-state index contributed by atoms with van der Waals surface area (Å²) in [6.45, 7) is 0. The monoisotopic (exact) mass is 209 g/mol. The van der Waals surface area contributed by atoms with Gasteiger partial charge in [0.1, 0.15) is 5.75 Å². The number of aromatic hydroxyl groups is 1. The molecule has 0 amide bonds. The summed E-state index contributed by atoms with van der Waals surface area (Å²) in [5.74, 6) is 0.325. The Balaban J connectivity index is 2.38. The van der Waals surface area contributed by atoms with Crippen LogP contribution >= 0.6 is 0 Å². The van der Waals surface area contributed by atoms with Crippen LogP contribution in [-0.2, 0) is 0 Å². The van der Waals surface area contributed by atoms with Crippen molar-refractivity contribution in [1.29, 1.82) is 0 Å². The van der Waals surface area contributed by atoms with Crippen molar-refractivity contribution in [3.05, 3.63) is 54.7 Å². The van der Waals surface area contributed by atoms with Gasteiger partial charge < -0.3 is 10.1 Å². The van der Waals surface area contributed by atoms with Crippen molar-refractivity contribution < 1.29 is 5.11 Å². The van der Waals surface area contributed by atoms with E-state index < -0.39 is 0 Å². The van der Waals surface area contributed by atoms with Crippen molar-refractivity contribution in [2.24, 2.45) is 0 Å². The summed E-state index contributed by atoms with van der Waals surface area (Å²) in [7, 11) is 0. The molecule has 2 aromatic carbocycles. The fraction of sp³-hybridized carbons (Fsp3) is 0. The SMILES string of the molecule is Oc1cccc2c(-c3ccc[nH]3)cccc12. The second-order valence-electron chi connectivity index (χ2n) is 3.76. The van der Waals surface area contributed by atoms with Crippen LogP contribution in [0.2, 0.25) is 0 Å². The topological polar surface area (TPSA) is 36.0 Å². The van der Waals surface area contributed by atoms with E-state index in [0.29, 0.717) is 5.75 Å². The van der Waals surface area contributed by atoms with Crippen molar-refractivity contribution in [2.45, 2.75) is 0 Å². The van der Waals surface area contributed by atoms with E-state index in [9.17, 15) is 5.11 Å². The predicted molar refractivity (Wildman–Crippen MR) is 65.4 cm³/mol. The minimum absolute atomic E-state index is 0.325. The number of H-pyrrole nitrogens is 1. The van der Waals surface area contributed by atoms with E-state index in [-0.39, 0.29) is 0 Å². The van der Waals surface area contributed by atoms with Gasteiger partial charge in [-0.1, -0.05) is 30.3 Å². The molecule has 0 atom stereocenters. The summed E-state index contributed by atoms with van der Waals surface area (Å²) in [4.78, 5) is 3.18. The lowest BCUT2D eigenvalue weighted by Crippen LogP contribution is -1.81. The number of aromatic amines is 1. The van der Waals surface area contributed by atoms with Crippen LogP contribution < -0.4 is 0 Å². The fourth-order valence-corrected chi connectivity index (χ4v) is 2.03. The zero-order chi connectivity index (χ0) is 11.0. The number of benzene rings is 2. The highest BCUT2D eigenvalue weighted by Crippen LogP contribution is 2.31. The van der Waals surface area contributed by atoms with Gasteiger partial charge >= 0.3 is 0 Å². The highest BCUT2D eigenvalue weighted by atomic mass is 16.3. The van der Waals surface area contributed by atoms with Crippen LogP contribution in [0.25, 0.3) is 22.0 Å². The molecule has 0 fully saturated rings. The zero-order valence-electron chi connectivity index (χ0n) is 8.64. The molecular formula is C14H11NO. The molecule has 0 aliphatic rings. The van der Waals surface area contributed by atoms with Crippen molar-refractivity contribution in [1.82, 2.24) is 4.98 Å². The first-order valence-corrected chi connectivity index (χ1v) is 5.21. The lowest BCUT2D eigenvalue weighted by Gasteiger charge is -2.06. The standard InChI is InChI=1S/C14H11NO/c16-14-8-2-4-10-11(5-1-6-12(10)14)13-7-3-9-15-13/h1-9,15-16H. The molecule has 0 bridgehead atoms. The van der Waals surface area contributed by atoms with Crippen LogP contribution in [0.5, 0.6) is 5.75 Å².